The fourth-order valence-corrected chi connectivity index (χ4v) is 5.00. The van der Waals surface area contributed by atoms with E-state index >= 15 is 0 Å². The van der Waals surface area contributed by atoms with Crippen molar-refractivity contribution in [3.8, 4) is 11.4 Å². The third kappa shape index (κ3) is 4.59. The van der Waals surface area contributed by atoms with Crippen LogP contribution in [0.3, 0.4) is 0 Å². The van der Waals surface area contributed by atoms with E-state index < -0.39 is 11.7 Å². The number of halogens is 4. The van der Waals surface area contributed by atoms with Crippen LogP contribution >= 0.6 is 11.6 Å². The van der Waals surface area contributed by atoms with E-state index in [-0.39, 0.29) is 12.0 Å². The molecule has 174 valence electrons. The van der Waals surface area contributed by atoms with Gasteiger partial charge in [-0.25, -0.2) is 0 Å². The average molecular weight is 477 g/mol. The van der Waals surface area contributed by atoms with Crippen LogP contribution in [-0.2, 0) is 19.3 Å². The molecule has 0 saturated heterocycles. The van der Waals surface area contributed by atoms with Crippen LogP contribution in [0.1, 0.15) is 54.4 Å². The van der Waals surface area contributed by atoms with E-state index in [1.165, 1.54) is 12.1 Å². The number of hydrogen-bond donors (Lipinski definition) is 0. The van der Waals surface area contributed by atoms with E-state index in [2.05, 4.69) is 26.7 Å². The molecule has 1 fully saturated rings. The quantitative estimate of drug-likeness (QED) is 0.465. The smallest absolute Gasteiger partial charge is 0.416 e. The average Bonchev–Trinajstić information content (AvgIpc) is 3.11. The van der Waals surface area contributed by atoms with Crippen molar-refractivity contribution in [3.63, 3.8) is 0 Å². The predicted octanol–water partition coefficient (Wildman–Crippen LogP) is 5.99. The predicted molar refractivity (Wildman–Crippen MR) is 119 cm³/mol. The Hall–Kier alpha value is -2.58. The van der Waals surface area contributed by atoms with Gasteiger partial charge in [-0.1, -0.05) is 11.6 Å². The lowest BCUT2D eigenvalue weighted by Gasteiger charge is -2.29. The highest BCUT2D eigenvalue weighted by molar-refractivity contribution is 6.30. The van der Waals surface area contributed by atoms with Crippen LogP contribution < -0.4 is 4.74 Å². The molecule has 5 rings (SSSR count). The van der Waals surface area contributed by atoms with Crippen LogP contribution in [0.25, 0.3) is 5.69 Å². The normalized spacial score (nSPS) is 21.2. The maximum Gasteiger partial charge on any atom is 0.416 e. The van der Waals surface area contributed by atoms with Crippen molar-refractivity contribution in [1.82, 2.24) is 19.7 Å². The first kappa shape index (κ1) is 22.2. The molecule has 2 aromatic carbocycles. The lowest BCUT2D eigenvalue weighted by atomic mass is 9.86. The highest BCUT2D eigenvalue weighted by atomic mass is 35.5. The lowest BCUT2D eigenvalue weighted by molar-refractivity contribution is -0.137. The molecule has 0 spiro atoms. The maximum absolute atomic E-state index is 12.8. The fourth-order valence-electron chi connectivity index (χ4n) is 4.80. The van der Waals surface area contributed by atoms with Gasteiger partial charge in [-0.15, -0.1) is 10.2 Å². The topological polar surface area (TPSA) is 43.2 Å². The van der Waals surface area contributed by atoms with Gasteiger partial charge in [0, 0.05) is 17.5 Å². The van der Waals surface area contributed by atoms with Crippen molar-refractivity contribution in [3.05, 3.63) is 70.3 Å². The summed E-state index contributed by atoms with van der Waals surface area (Å²) in [6.45, 7) is 1.48. The van der Waals surface area contributed by atoms with Crippen molar-refractivity contribution in [2.24, 2.45) is 0 Å². The molecule has 0 N–H and O–H groups in total. The number of aromatic nitrogens is 3. The number of hydrogen-bond acceptors (Lipinski definition) is 4. The van der Waals surface area contributed by atoms with E-state index in [4.69, 9.17) is 16.3 Å². The Balaban J connectivity index is 1.31. The number of fused-ring (bicyclic) bond motifs is 3. The van der Waals surface area contributed by atoms with E-state index in [1.54, 1.807) is 0 Å². The number of ether oxygens (including phenoxy) is 1. The molecular formula is C24H24ClF3N4O. The largest absolute Gasteiger partial charge is 0.490 e. The lowest BCUT2D eigenvalue weighted by Crippen LogP contribution is -2.25. The van der Waals surface area contributed by atoms with Crippen LogP contribution in [0.5, 0.6) is 5.75 Å². The van der Waals surface area contributed by atoms with E-state index in [0.717, 1.165) is 67.3 Å². The molecule has 2 aliphatic rings. The summed E-state index contributed by atoms with van der Waals surface area (Å²) in [7, 11) is 2.05. The van der Waals surface area contributed by atoms with Gasteiger partial charge in [0.05, 0.1) is 23.9 Å². The van der Waals surface area contributed by atoms with E-state index in [0.29, 0.717) is 17.3 Å². The number of benzene rings is 2. The van der Waals surface area contributed by atoms with Gasteiger partial charge in [0.2, 0.25) is 0 Å². The van der Waals surface area contributed by atoms with Gasteiger partial charge < -0.3 is 4.74 Å². The molecule has 1 aromatic heterocycles. The molecule has 0 amide bonds. The summed E-state index contributed by atoms with van der Waals surface area (Å²) < 4.78 is 46.5. The van der Waals surface area contributed by atoms with Crippen LogP contribution in [0.15, 0.2) is 42.5 Å². The summed E-state index contributed by atoms with van der Waals surface area (Å²) in [5, 5.41) is 9.77. The van der Waals surface area contributed by atoms with Gasteiger partial charge >= 0.3 is 6.18 Å². The standard InChI is InChI=1S/C24H24ClF3N4O/c1-31-13-16-12-18(25)6-11-21(16)32-22(14-31)29-30-23(32)15-2-7-19(8-3-15)33-20-9-4-17(5-10-20)24(26,27)28/h4-6,9-12,15,19H,2-3,7-8,13-14H2,1H3. The van der Waals surface area contributed by atoms with E-state index in [9.17, 15) is 13.2 Å². The Morgan fingerprint density at radius 2 is 1.70 bits per heavy atom. The van der Waals surface area contributed by atoms with Gasteiger partial charge in [0.1, 0.15) is 11.6 Å². The second-order valence-electron chi connectivity index (χ2n) is 8.87. The van der Waals surface area contributed by atoms with Gasteiger partial charge in [-0.2, -0.15) is 13.2 Å². The minimum absolute atomic E-state index is 0.0262. The maximum atomic E-state index is 12.8. The Kier molecular flexibility index (Phi) is 5.82. The monoisotopic (exact) mass is 476 g/mol. The summed E-state index contributed by atoms with van der Waals surface area (Å²) in [6.07, 6.45) is -1.000. The Bertz CT molecular complexity index is 1140. The number of nitrogens with zero attached hydrogens (tertiary/aromatic N) is 4. The molecule has 0 radical (unpaired) electrons. The molecule has 9 heteroatoms. The molecule has 0 bridgehead atoms. The molecule has 33 heavy (non-hydrogen) atoms. The zero-order chi connectivity index (χ0) is 23.2. The zero-order valence-corrected chi connectivity index (χ0v) is 18.9. The molecule has 0 atom stereocenters. The molecule has 1 aliphatic carbocycles. The van der Waals surface area contributed by atoms with Crippen LogP contribution in [-0.4, -0.2) is 32.8 Å². The number of rotatable bonds is 3. The van der Waals surface area contributed by atoms with Gasteiger partial charge in [-0.05, 0) is 80.8 Å². The SMILES string of the molecule is CN1Cc2cc(Cl)ccc2-n2c(nnc2C2CCC(Oc3ccc(C(F)(F)F)cc3)CC2)C1. The highest BCUT2D eigenvalue weighted by Crippen LogP contribution is 2.37. The second-order valence-corrected chi connectivity index (χ2v) is 9.31. The molecule has 1 aliphatic heterocycles. The van der Waals surface area contributed by atoms with Crippen molar-refractivity contribution in [2.45, 2.75) is 57.0 Å². The van der Waals surface area contributed by atoms with Crippen molar-refractivity contribution in [2.75, 3.05) is 7.05 Å². The zero-order valence-electron chi connectivity index (χ0n) is 18.1. The van der Waals surface area contributed by atoms with Crippen LogP contribution in [0.2, 0.25) is 5.02 Å². The first-order valence-electron chi connectivity index (χ1n) is 11.0. The highest BCUT2D eigenvalue weighted by Gasteiger charge is 2.32. The minimum atomic E-state index is -4.34. The van der Waals surface area contributed by atoms with Gasteiger partial charge in [-0.3, -0.25) is 9.47 Å². The molecule has 3 aromatic rings. The van der Waals surface area contributed by atoms with Crippen LogP contribution in [0, 0.1) is 0 Å². The Labute approximate surface area is 195 Å². The van der Waals surface area contributed by atoms with E-state index in [1.807, 2.05) is 18.2 Å². The van der Waals surface area contributed by atoms with Gasteiger partial charge in [0.15, 0.2) is 5.82 Å². The van der Waals surface area contributed by atoms with Gasteiger partial charge in [0.25, 0.3) is 0 Å². The molecular weight excluding hydrogens is 453 g/mol. The third-order valence-corrected chi connectivity index (χ3v) is 6.65. The summed E-state index contributed by atoms with van der Waals surface area (Å²) in [5.74, 6) is 2.58. The summed E-state index contributed by atoms with van der Waals surface area (Å²) in [5.41, 5.74) is 1.55. The van der Waals surface area contributed by atoms with Crippen molar-refractivity contribution in [1.29, 1.82) is 0 Å². The van der Waals surface area contributed by atoms with Crippen LogP contribution in [0.4, 0.5) is 13.2 Å². The van der Waals surface area contributed by atoms with Crippen molar-refractivity contribution < 1.29 is 17.9 Å². The third-order valence-electron chi connectivity index (χ3n) is 6.41. The molecule has 2 heterocycles. The summed E-state index contributed by atoms with van der Waals surface area (Å²) in [4.78, 5) is 2.20. The molecule has 5 nitrogen and oxygen atoms in total. The molecule has 1 saturated carbocycles. The first-order valence-corrected chi connectivity index (χ1v) is 11.4. The minimum Gasteiger partial charge on any atom is -0.490 e. The Morgan fingerprint density at radius 3 is 2.39 bits per heavy atom. The summed E-state index contributed by atoms with van der Waals surface area (Å²) >= 11 is 6.25. The fraction of sp³-hybridized carbons (Fsp3) is 0.417. The second kappa shape index (κ2) is 8.65. The first-order chi connectivity index (χ1) is 15.8. The number of alkyl halides is 3. The van der Waals surface area contributed by atoms with Crippen molar-refractivity contribution >= 4 is 11.6 Å². The summed E-state index contributed by atoms with van der Waals surface area (Å²) in [6, 6.07) is 10.8. The Morgan fingerprint density at radius 1 is 0.970 bits per heavy atom. The molecule has 0 unspecified atom stereocenters.